The molecule has 0 amide bonds. The lowest BCUT2D eigenvalue weighted by atomic mass is 10.1. The number of nitrogens with one attached hydrogen (secondary N) is 1. The Morgan fingerprint density at radius 3 is 2.35 bits per heavy atom. The van der Waals surface area contributed by atoms with E-state index in [-0.39, 0.29) is 11.8 Å². The van der Waals surface area contributed by atoms with E-state index in [4.69, 9.17) is 11.6 Å². The molecular formula is C14H14ClF2NOS. The molecule has 20 heavy (non-hydrogen) atoms. The van der Waals surface area contributed by atoms with Crippen LogP contribution in [-0.2, 0) is 0 Å². The maximum Gasteiger partial charge on any atom is 0.387 e. The minimum absolute atomic E-state index is 0.0215. The highest BCUT2D eigenvalue weighted by molar-refractivity contribution is 7.16. The normalized spacial score (nSPS) is 12.7. The van der Waals surface area contributed by atoms with E-state index in [1.54, 1.807) is 12.1 Å². The molecule has 1 aromatic carbocycles. The summed E-state index contributed by atoms with van der Waals surface area (Å²) < 4.78 is 29.3. The Morgan fingerprint density at radius 1 is 1.25 bits per heavy atom. The van der Waals surface area contributed by atoms with Crippen LogP contribution in [0.3, 0.4) is 0 Å². The van der Waals surface area contributed by atoms with Crippen LogP contribution in [0.4, 0.5) is 8.78 Å². The van der Waals surface area contributed by atoms with Gasteiger partial charge in [0.25, 0.3) is 0 Å². The summed E-state index contributed by atoms with van der Waals surface area (Å²) in [5.74, 6) is 0.152. The first-order valence-electron chi connectivity index (χ1n) is 5.99. The lowest BCUT2D eigenvalue weighted by Gasteiger charge is -2.15. The van der Waals surface area contributed by atoms with Crippen LogP contribution in [0.5, 0.6) is 5.75 Å². The molecule has 2 rings (SSSR count). The van der Waals surface area contributed by atoms with Crippen LogP contribution in [0.25, 0.3) is 0 Å². The van der Waals surface area contributed by atoms with E-state index in [0.29, 0.717) is 0 Å². The van der Waals surface area contributed by atoms with Gasteiger partial charge in [-0.3, -0.25) is 0 Å². The van der Waals surface area contributed by atoms with Gasteiger partial charge < -0.3 is 10.1 Å². The minimum atomic E-state index is -2.81. The molecule has 0 bridgehead atoms. The van der Waals surface area contributed by atoms with E-state index in [1.807, 2.05) is 20.0 Å². The van der Waals surface area contributed by atoms with Gasteiger partial charge in [-0.15, -0.1) is 11.3 Å². The molecule has 1 atom stereocenters. The van der Waals surface area contributed by atoms with Gasteiger partial charge in [-0.1, -0.05) is 23.7 Å². The van der Waals surface area contributed by atoms with Crippen LogP contribution in [0.1, 0.15) is 22.0 Å². The second-order valence-corrected chi connectivity index (χ2v) is 5.96. The Morgan fingerprint density at radius 2 is 1.90 bits per heavy atom. The molecule has 2 nitrogen and oxygen atoms in total. The van der Waals surface area contributed by atoms with Crippen molar-refractivity contribution in [1.82, 2.24) is 5.32 Å². The molecular weight excluding hydrogens is 304 g/mol. The maximum atomic E-state index is 12.1. The van der Waals surface area contributed by atoms with Crippen molar-refractivity contribution in [2.45, 2.75) is 19.6 Å². The van der Waals surface area contributed by atoms with Crippen molar-refractivity contribution in [3.8, 4) is 5.75 Å². The van der Waals surface area contributed by atoms with Crippen LogP contribution in [0, 0.1) is 6.92 Å². The number of hydrogen-bond donors (Lipinski definition) is 1. The number of ether oxygens (including phenoxy) is 1. The highest BCUT2D eigenvalue weighted by Crippen LogP contribution is 2.34. The van der Waals surface area contributed by atoms with Crippen LogP contribution >= 0.6 is 22.9 Å². The summed E-state index contributed by atoms with van der Waals surface area (Å²) in [4.78, 5) is 1.08. The lowest BCUT2D eigenvalue weighted by molar-refractivity contribution is -0.0498. The predicted octanol–water partition coefficient (Wildman–Crippen LogP) is 4.62. The van der Waals surface area contributed by atoms with Crippen LogP contribution in [0.2, 0.25) is 4.34 Å². The number of halogens is 3. The van der Waals surface area contributed by atoms with Gasteiger partial charge in [0.05, 0.1) is 10.4 Å². The third-order valence-electron chi connectivity index (χ3n) is 2.89. The maximum absolute atomic E-state index is 12.1. The fraction of sp³-hybridized carbons (Fsp3) is 0.286. The predicted molar refractivity (Wildman–Crippen MR) is 78.0 cm³/mol. The van der Waals surface area contributed by atoms with E-state index in [1.165, 1.54) is 23.5 Å². The van der Waals surface area contributed by atoms with E-state index < -0.39 is 6.61 Å². The minimum Gasteiger partial charge on any atom is -0.435 e. The molecule has 108 valence electrons. The average Bonchev–Trinajstić information content (AvgIpc) is 2.72. The standard InChI is InChI=1S/C14H14ClF2NOS/c1-8-7-11(20-13(8)15)12(18-2)9-3-5-10(6-4-9)19-14(16)17/h3-7,12,14,18H,1-2H3. The molecule has 0 fully saturated rings. The Balaban J connectivity index is 2.23. The Labute approximate surface area is 125 Å². The zero-order valence-corrected chi connectivity index (χ0v) is 12.6. The number of aryl methyl sites for hydroxylation is 1. The SMILES string of the molecule is CNC(c1ccc(OC(F)F)cc1)c1cc(C)c(Cl)s1. The van der Waals surface area contributed by atoms with Crippen molar-refractivity contribution in [2.75, 3.05) is 7.05 Å². The number of thiophene rings is 1. The summed E-state index contributed by atoms with van der Waals surface area (Å²) in [6.45, 7) is -0.853. The molecule has 0 radical (unpaired) electrons. The zero-order valence-electron chi connectivity index (χ0n) is 11.0. The van der Waals surface area contributed by atoms with E-state index >= 15 is 0 Å². The van der Waals surface area contributed by atoms with Crippen molar-refractivity contribution in [2.24, 2.45) is 0 Å². The van der Waals surface area contributed by atoms with Gasteiger partial charge in [-0.25, -0.2) is 0 Å². The molecule has 0 saturated heterocycles. The fourth-order valence-corrected chi connectivity index (χ4v) is 3.30. The summed E-state index contributed by atoms with van der Waals surface area (Å²) in [5.41, 5.74) is 2.00. The Kier molecular flexibility index (Phi) is 4.96. The number of rotatable bonds is 5. The number of benzene rings is 1. The van der Waals surface area contributed by atoms with E-state index in [9.17, 15) is 8.78 Å². The number of hydrogen-bond acceptors (Lipinski definition) is 3. The van der Waals surface area contributed by atoms with Crippen LogP contribution in [0.15, 0.2) is 30.3 Å². The van der Waals surface area contributed by atoms with E-state index in [0.717, 1.165) is 20.3 Å². The van der Waals surface area contributed by atoms with Crippen LogP contribution < -0.4 is 10.1 Å². The Hall–Kier alpha value is -1.17. The third kappa shape index (κ3) is 3.48. The Bertz CT molecular complexity index is 552. The molecule has 0 aliphatic carbocycles. The van der Waals surface area contributed by atoms with Gasteiger partial charge in [0, 0.05) is 4.88 Å². The van der Waals surface area contributed by atoms with E-state index in [2.05, 4.69) is 10.1 Å². The van der Waals surface area contributed by atoms with Crippen molar-refractivity contribution in [3.63, 3.8) is 0 Å². The molecule has 1 unspecified atom stereocenters. The van der Waals surface area contributed by atoms with Gasteiger partial charge in [0.15, 0.2) is 0 Å². The quantitative estimate of drug-likeness (QED) is 0.868. The van der Waals surface area contributed by atoms with Crippen molar-refractivity contribution in [3.05, 3.63) is 50.7 Å². The summed E-state index contributed by atoms with van der Waals surface area (Å²) in [6.07, 6.45) is 0. The second kappa shape index (κ2) is 6.52. The first kappa shape index (κ1) is 15.2. The third-order valence-corrected chi connectivity index (χ3v) is 4.51. The zero-order chi connectivity index (χ0) is 14.7. The summed E-state index contributed by atoms with van der Waals surface area (Å²) in [5, 5.41) is 3.20. The molecule has 1 aromatic heterocycles. The van der Waals surface area contributed by atoms with Gasteiger partial charge in [-0.05, 0) is 43.3 Å². The molecule has 1 N–H and O–H groups in total. The van der Waals surface area contributed by atoms with Crippen molar-refractivity contribution in [1.29, 1.82) is 0 Å². The molecule has 1 heterocycles. The van der Waals surface area contributed by atoms with Gasteiger partial charge in [0.2, 0.25) is 0 Å². The summed E-state index contributed by atoms with van der Waals surface area (Å²) >= 11 is 7.60. The van der Waals surface area contributed by atoms with Crippen molar-refractivity contribution < 1.29 is 13.5 Å². The smallest absolute Gasteiger partial charge is 0.387 e. The molecule has 6 heteroatoms. The fourth-order valence-electron chi connectivity index (χ4n) is 1.94. The first-order valence-corrected chi connectivity index (χ1v) is 7.18. The molecule has 0 aliphatic rings. The highest BCUT2D eigenvalue weighted by atomic mass is 35.5. The summed E-state index contributed by atoms with van der Waals surface area (Å²) in [7, 11) is 1.84. The lowest BCUT2D eigenvalue weighted by Crippen LogP contribution is -2.16. The topological polar surface area (TPSA) is 21.3 Å². The molecule has 0 aliphatic heterocycles. The second-order valence-electron chi connectivity index (χ2n) is 4.27. The average molecular weight is 318 g/mol. The monoisotopic (exact) mass is 317 g/mol. The van der Waals surface area contributed by atoms with Crippen LogP contribution in [-0.4, -0.2) is 13.7 Å². The van der Waals surface area contributed by atoms with Gasteiger partial charge in [-0.2, -0.15) is 8.78 Å². The largest absolute Gasteiger partial charge is 0.435 e. The first-order chi connectivity index (χ1) is 9.51. The molecule has 2 aromatic rings. The highest BCUT2D eigenvalue weighted by Gasteiger charge is 2.16. The van der Waals surface area contributed by atoms with Gasteiger partial charge >= 0.3 is 6.61 Å². The summed E-state index contributed by atoms with van der Waals surface area (Å²) in [6, 6.07) is 8.61. The molecule has 0 spiro atoms. The van der Waals surface area contributed by atoms with Gasteiger partial charge in [0.1, 0.15) is 5.75 Å². The van der Waals surface area contributed by atoms with Crippen molar-refractivity contribution >= 4 is 22.9 Å². The molecule has 0 saturated carbocycles. The number of alkyl halides is 2.